The summed E-state index contributed by atoms with van der Waals surface area (Å²) in [6, 6.07) is 0. The maximum atomic E-state index is 11.1. The molecular weight excluding hydrogens is 174 g/mol. The Bertz CT molecular complexity index is 324. The predicted molar refractivity (Wildman–Crippen MR) is 46.0 cm³/mol. The molecule has 3 nitrogen and oxygen atoms in total. The maximum absolute atomic E-state index is 11.1. The summed E-state index contributed by atoms with van der Waals surface area (Å²) in [5.74, 6) is 1.92. The number of hydrogen-bond acceptors (Lipinski definition) is 4. The Kier molecular flexibility index (Phi) is 2.83. The van der Waals surface area contributed by atoms with Gasteiger partial charge in [-0.2, -0.15) is 0 Å². The smallest absolute Gasteiger partial charge is 0.359 e. The van der Waals surface area contributed by atoms with E-state index in [2.05, 4.69) is 10.9 Å². The van der Waals surface area contributed by atoms with E-state index < -0.39 is 5.97 Å². The summed E-state index contributed by atoms with van der Waals surface area (Å²) < 4.78 is 4.74. The molecule has 0 aliphatic rings. The number of nitrogens with zero attached hydrogens (tertiary/aromatic N) is 1. The van der Waals surface area contributed by atoms with Gasteiger partial charge >= 0.3 is 5.97 Å². The minimum Gasteiger partial charge on any atom is -0.461 e. The van der Waals surface area contributed by atoms with Gasteiger partial charge in [-0.05, 0) is 6.92 Å². The molecule has 62 valence electrons. The first-order chi connectivity index (χ1) is 5.79. The highest BCUT2D eigenvalue weighted by atomic mass is 32.1. The van der Waals surface area contributed by atoms with E-state index in [0.29, 0.717) is 11.5 Å². The summed E-state index contributed by atoms with van der Waals surface area (Å²) in [6.45, 7) is 2.07. The molecule has 1 aromatic heterocycles. The number of carbonyl (C=O) groups is 1. The molecule has 0 bridgehead atoms. The van der Waals surface area contributed by atoms with Gasteiger partial charge in [0.15, 0.2) is 5.69 Å². The van der Waals surface area contributed by atoms with Crippen molar-refractivity contribution < 1.29 is 9.53 Å². The zero-order chi connectivity index (χ0) is 8.97. The van der Waals surface area contributed by atoms with Gasteiger partial charge in [-0.3, -0.25) is 0 Å². The number of rotatable bonds is 2. The van der Waals surface area contributed by atoms with E-state index in [-0.39, 0.29) is 5.69 Å². The third-order valence-electron chi connectivity index (χ3n) is 1.17. The summed E-state index contributed by atoms with van der Waals surface area (Å²) in [5.41, 5.74) is 1.77. The van der Waals surface area contributed by atoms with Crippen LogP contribution in [0.3, 0.4) is 0 Å². The lowest BCUT2D eigenvalue weighted by Crippen LogP contribution is -2.06. The minimum atomic E-state index is -0.452. The average Bonchev–Trinajstić information content (AvgIpc) is 2.51. The van der Waals surface area contributed by atoms with Crippen LogP contribution in [0.1, 0.15) is 22.3 Å². The first-order valence-electron chi connectivity index (χ1n) is 3.36. The van der Waals surface area contributed by atoms with Crippen LogP contribution in [0.15, 0.2) is 5.51 Å². The lowest BCUT2D eigenvalue weighted by Gasteiger charge is -1.96. The van der Waals surface area contributed by atoms with Crippen molar-refractivity contribution in [2.24, 2.45) is 0 Å². The molecule has 0 saturated carbocycles. The Morgan fingerprint density at radius 1 is 1.92 bits per heavy atom. The minimum absolute atomic E-state index is 0.240. The lowest BCUT2D eigenvalue weighted by molar-refractivity contribution is 0.0520. The zero-order valence-electron chi connectivity index (χ0n) is 6.53. The largest absolute Gasteiger partial charge is 0.461 e. The third kappa shape index (κ3) is 1.63. The Labute approximate surface area is 74.4 Å². The SMILES string of the molecule is C#Cc1scnc1C(=O)OCC. The molecule has 0 atom stereocenters. The van der Waals surface area contributed by atoms with Crippen molar-refractivity contribution in [3.05, 3.63) is 16.1 Å². The van der Waals surface area contributed by atoms with E-state index >= 15 is 0 Å². The van der Waals surface area contributed by atoms with E-state index in [1.165, 1.54) is 16.8 Å². The van der Waals surface area contributed by atoms with Crippen LogP contribution in [0.5, 0.6) is 0 Å². The topological polar surface area (TPSA) is 39.2 Å². The molecule has 0 spiro atoms. The molecule has 0 aliphatic heterocycles. The van der Waals surface area contributed by atoms with Gasteiger partial charge in [0, 0.05) is 0 Å². The Balaban J connectivity index is 2.88. The molecule has 0 amide bonds. The molecule has 1 rings (SSSR count). The van der Waals surface area contributed by atoms with Gasteiger partial charge in [0.25, 0.3) is 0 Å². The van der Waals surface area contributed by atoms with Gasteiger partial charge in [0.1, 0.15) is 4.88 Å². The van der Waals surface area contributed by atoms with Crippen LogP contribution in [0.2, 0.25) is 0 Å². The van der Waals surface area contributed by atoms with Crippen LogP contribution in [-0.2, 0) is 4.74 Å². The number of carbonyl (C=O) groups excluding carboxylic acids is 1. The van der Waals surface area contributed by atoms with E-state index in [4.69, 9.17) is 11.2 Å². The van der Waals surface area contributed by atoms with Crippen molar-refractivity contribution >= 4 is 17.3 Å². The van der Waals surface area contributed by atoms with Crippen LogP contribution in [0.25, 0.3) is 0 Å². The van der Waals surface area contributed by atoms with Crippen molar-refractivity contribution in [1.29, 1.82) is 0 Å². The number of hydrogen-bond donors (Lipinski definition) is 0. The van der Waals surface area contributed by atoms with E-state index in [0.717, 1.165) is 0 Å². The first kappa shape index (κ1) is 8.75. The second-order valence-electron chi connectivity index (χ2n) is 1.89. The number of aromatic nitrogens is 1. The summed E-state index contributed by atoms with van der Waals surface area (Å²) in [5, 5.41) is 0. The number of esters is 1. The van der Waals surface area contributed by atoms with Crippen LogP contribution in [0.4, 0.5) is 0 Å². The highest BCUT2D eigenvalue weighted by Crippen LogP contribution is 2.12. The van der Waals surface area contributed by atoms with Crippen molar-refractivity contribution in [2.45, 2.75) is 6.92 Å². The van der Waals surface area contributed by atoms with Gasteiger partial charge in [-0.15, -0.1) is 17.8 Å². The van der Waals surface area contributed by atoms with Crippen LogP contribution >= 0.6 is 11.3 Å². The fourth-order valence-corrected chi connectivity index (χ4v) is 1.27. The van der Waals surface area contributed by atoms with E-state index in [1.807, 2.05) is 0 Å². The third-order valence-corrected chi connectivity index (χ3v) is 1.93. The summed E-state index contributed by atoms with van der Waals surface area (Å²) in [4.78, 5) is 15.4. The molecule has 1 aromatic rings. The lowest BCUT2D eigenvalue weighted by atomic mass is 10.4. The number of ether oxygens (including phenoxy) is 1. The second-order valence-corrected chi connectivity index (χ2v) is 2.75. The van der Waals surface area contributed by atoms with Gasteiger partial charge in [0.2, 0.25) is 0 Å². The monoisotopic (exact) mass is 181 g/mol. The molecular formula is C8H7NO2S. The Morgan fingerprint density at radius 3 is 3.25 bits per heavy atom. The molecule has 0 radical (unpaired) electrons. The highest BCUT2D eigenvalue weighted by Gasteiger charge is 2.13. The highest BCUT2D eigenvalue weighted by molar-refractivity contribution is 7.10. The molecule has 12 heavy (non-hydrogen) atoms. The molecule has 0 aromatic carbocycles. The quantitative estimate of drug-likeness (QED) is 0.510. The Morgan fingerprint density at radius 2 is 2.67 bits per heavy atom. The fourth-order valence-electron chi connectivity index (χ4n) is 0.693. The summed E-state index contributed by atoms with van der Waals surface area (Å²) in [7, 11) is 0. The standard InChI is InChI=1S/C8H7NO2S/c1-3-6-7(9-5-12-6)8(10)11-4-2/h1,5H,4H2,2H3. The van der Waals surface area contributed by atoms with Crippen molar-refractivity contribution in [2.75, 3.05) is 6.61 Å². The molecule has 1 heterocycles. The normalized spacial score (nSPS) is 9.00. The second kappa shape index (κ2) is 3.88. The van der Waals surface area contributed by atoms with Crippen molar-refractivity contribution in [1.82, 2.24) is 4.98 Å². The molecule has 0 fully saturated rings. The fraction of sp³-hybridized carbons (Fsp3) is 0.250. The van der Waals surface area contributed by atoms with Gasteiger partial charge in [0.05, 0.1) is 12.1 Å². The molecule has 0 aliphatic carbocycles. The van der Waals surface area contributed by atoms with Gasteiger partial charge in [-0.1, -0.05) is 5.92 Å². The van der Waals surface area contributed by atoms with Crippen LogP contribution < -0.4 is 0 Å². The molecule has 0 saturated heterocycles. The number of terminal acetylenes is 1. The predicted octanol–water partition coefficient (Wildman–Crippen LogP) is 1.30. The van der Waals surface area contributed by atoms with Crippen LogP contribution in [-0.4, -0.2) is 17.6 Å². The van der Waals surface area contributed by atoms with Gasteiger partial charge in [-0.25, -0.2) is 9.78 Å². The van der Waals surface area contributed by atoms with Crippen LogP contribution in [0, 0.1) is 12.3 Å². The number of thiazole rings is 1. The van der Waals surface area contributed by atoms with Gasteiger partial charge < -0.3 is 4.74 Å². The Hall–Kier alpha value is -1.34. The van der Waals surface area contributed by atoms with E-state index in [9.17, 15) is 4.79 Å². The van der Waals surface area contributed by atoms with Crippen molar-refractivity contribution in [3.63, 3.8) is 0 Å². The maximum Gasteiger partial charge on any atom is 0.359 e. The first-order valence-corrected chi connectivity index (χ1v) is 4.24. The zero-order valence-corrected chi connectivity index (χ0v) is 7.35. The van der Waals surface area contributed by atoms with Crippen molar-refractivity contribution in [3.8, 4) is 12.3 Å². The van der Waals surface area contributed by atoms with E-state index in [1.54, 1.807) is 6.92 Å². The molecule has 0 unspecified atom stereocenters. The molecule has 4 heteroatoms. The average molecular weight is 181 g/mol. The summed E-state index contributed by atoms with van der Waals surface area (Å²) in [6.07, 6.45) is 5.14. The molecule has 0 N–H and O–H groups in total. The summed E-state index contributed by atoms with van der Waals surface area (Å²) >= 11 is 1.26.